The van der Waals surface area contributed by atoms with Crippen molar-refractivity contribution in [3.05, 3.63) is 11.4 Å². The van der Waals surface area contributed by atoms with Gasteiger partial charge in [-0.25, -0.2) is 26.7 Å². The minimum Gasteiger partial charge on any atom is -0.462 e. The molecule has 0 saturated heterocycles. The van der Waals surface area contributed by atoms with Gasteiger partial charge in [0.2, 0.25) is 0 Å². The van der Waals surface area contributed by atoms with Crippen LogP contribution in [-0.2, 0) is 9.53 Å². The van der Waals surface area contributed by atoms with Crippen LogP contribution < -0.4 is 0 Å². The molecule has 0 aromatic carbocycles. The Morgan fingerprint density at radius 3 is 2.28 bits per heavy atom. The molecule has 8 heteroatoms. The summed E-state index contributed by atoms with van der Waals surface area (Å²) in [6.45, 7) is -0.705. The molecule has 0 aromatic rings. The van der Waals surface area contributed by atoms with Gasteiger partial charge in [0.05, 0.1) is 6.61 Å². The second-order valence-electron chi connectivity index (χ2n) is 3.67. The molecule has 0 spiro atoms. The summed E-state index contributed by atoms with van der Waals surface area (Å²) in [6.07, 6.45) is -11.9. The Morgan fingerprint density at radius 1 is 1.17 bits per heavy atom. The van der Waals surface area contributed by atoms with Crippen molar-refractivity contribution in [2.45, 2.75) is 31.1 Å². The third-order valence-electron chi connectivity index (χ3n) is 2.39. The highest BCUT2D eigenvalue weighted by Gasteiger charge is 2.49. The van der Waals surface area contributed by atoms with E-state index in [0.29, 0.717) is 0 Å². The molecule has 0 aliphatic heterocycles. The van der Waals surface area contributed by atoms with E-state index in [-0.39, 0.29) is 19.6 Å². The maximum Gasteiger partial charge on any atom is 0.339 e. The fourth-order valence-corrected chi connectivity index (χ4v) is 1.42. The van der Waals surface area contributed by atoms with Crippen LogP contribution in [0.4, 0.5) is 22.0 Å². The van der Waals surface area contributed by atoms with Crippen LogP contribution in [0.1, 0.15) is 6.42 Å². The number of carbonyl (C=O) groups is 1. The van der Waals surface area contributed by atoms with Gasteiger partial charge in [0, 0.05) is 13.0 Å². The third kappa shape index (κ3) is 2.80. The number of esters is 1. The highest BCUT2D eigenvalue weighted by Crippen LogP contribution is 2.35. The summed E-state index contributed by atoms with van der Waals surface area (Å²) in [5.74, 6) is -3.58. The number of allylic oxidation sites excluding steroid dienone is 1. The number of aliphatic hydroxyl groups is 1. The molecule has 0 saturated carbocycles. The van der Waals surface area contributed by atoms with Crippen LogP contribution in [0.15, 0.2) is 11.4 Å². The second kappa shape index (κ2) is 6.12. The fraction of sp³-hybridized carbons (Fsp3) is 0.700. The van der Waals surface area contributed by atoms with Crippen molar-refractivity contribution >= 4 is 5.97 Å². The highest BCUT2D eigenvalue weighted by molar-refractivity contribution is 5.90. The average molecular weight is 274 g/mol. The quantitative estimate of drug-likeness (QED) is 0.480. The summed E-state index contributed by atoms with van der Waals surface area (Å²) >= 11 is 0. The number of hydrogen-bond donors (Lipinski definition) is 1. The number of rotatable bonds is 4. The Kier molecular flexibility index (Phi) is 5.06. The zero-order valence-electron chi connectivity index (χ0n) is 9.08. The van der Waals surface area contributed by atoms with Crippen molar-refractivity contribution in [3.63, 3.8) is 0 Å². The summed E-state index contributed by atoms with van der Waals surface area (Å²) in [5, 5.41) is 8.39. The Labute approximate surface area is 99.2 Å². The van der Waals surface area contributed by atoms with E-state index in [9.17, 15) is 26.7 Å². The number of hydrogen-bond acceptors (Lipinski definition) is 3. The largest absolute Gasteiger partial charge is 0.462 e. The van der Waals surface area contributed by atoms with Crippen molar-refractivity contribution in [2.24, 2.45) is 0 Å². The van der Waals surface area contributed by atoms with Crippen molar-refractivity contribution in [1.82, 2.24) is 0 Å². The molecule has 4 atom stereocenters. The first-order valence-corrected chi connectivity index (χ1v) is 5.15. The average Bonchev–Trinajstić information content (AvgIpc) is 2.34. The van der Waals surface area contributed by atoms with Crippen LogP contribution in [0.25, 0.3) is 0 Å². The Bertz CT molecular complexity index is 346. The smallest absolute Gasteiger partial charge is 0.339 e. The maximum absolute atomic E-state index is 13.2. The van der Waals surface area contributed by atoms with Crippen LogP contribution in [0.3, 0.4) is 0 Å². The van der Waals surface area contributed by atoms with Crippen LogP contribution >= 0.6 is 0 Å². The van der Waals surface area contributed by atoms with Crippen LogP contribution in [0.2, 0.25) is 0 Å². The molecule has 3 nitrogen and oxygen atoms in total. The van der Waals surface area contributed by atoms with Gasteiger partial charge in [-0.1, -0.05) is 0 Å². The molecular formula is C10H11F5O3. The minimum atomic E-state index is -3.02. The molecule has 0 heterocycles. The molecule has 0 bridgehead atoms. The first-order chi connectivity index (χ1) is 8.41. The molecule has 1 rings (SSSR count). The molecule has 0 radical (unpaired) electrons. The molecule has 1 aliphatic carbocycles. The molecule has 104 valence electrons. The predicted octanol–water partition coefficient (Wildman–Crippen LogP) is 1.50. The summed E-state index contributed by atoms with van der Waals surface area (Å²) in [7, 11) is 0. The van der Waals surface area contributed by atoms with Crippen LogP contribution in [0, 0.1) is 0 Å². The van der Waals surface area contributed by atoms with Gasteiger partial charge in [0.1, 0.15) is 5.57 Å². The summed E-state index contributed by atoms with van der Waals surface area (Å²) in [5.41, 5.74) is -1.47. The molecule has 4 unspecified atom stereocenters. The molecule has 0 aromatic heterocycles. The monoisotopic (exact) mass is 274 g/mol. The molecule has 1 aliphatic rings. The van der Waals surface area contributed by atoms with Gasteiger partial charge < -0.3 is 9.84 Å². The molecule has 18 heavy (non-hydrogen) atoms. The van der Waals surface area contributed by atoms with Gasteiger partial charge in [0.25, 0.3) is 0 Å². The first kappa shape index (κ1) is 14.9. The van der Waals surface area contributed by atoms with E-state index in [2.05, 4.69) is 4.74 Å². The summed E-state index contributed by atoms with van der Waals surface area (Å²) < 4.78 is 69.4. The van der Waals surface area contributed by atoms with Crippen molar-refractivity contribution in [1.29, 1.82) is 0 Å². The van der Waals surface area contributed by atoms with Gasteiger partial charge in [-0.2, -0.15) is 0 Å². The van der Waals surface area contributed by atoms with Gasteiger partial charge in [-0.3, -0.25) is 0 Å². The molecule has 1 N–H and O–H groups in total. The lowest BCUT2D eigenvalue weighted by Crippen LogP contribution is -2.44. The minimum absolute atomic E-state index is 0.00142. The van der Waals surface area contributed by atoms with Gasteiger partial charge in [0.15, 0.2) is 30.5 Å². The van der Waals surface area contributed by atoms with E-state index < -0.39 is 42.1 Å². The van der Waals surface area contributed by atoms with Crippen molar-refractivity contribution in [3.8, 4) is 0 Å². The lowest BCUT2D eigenvalue weighted by Gasteiger charge is -2.27. The van der Waals surface area contributed by atoms with Crippen LogP contribution in [-0.4, -0.2) is 49.0 Å². The number of ether oxygens (including phenoxy) is 1. The van der Waals surface area contributed by atoms with Crippen molar-refractivity contribution < 1.29 is 36.6 Å². The fourth-order valence-electron chi connectivity index (χ4n) is 1.42. The van der Waals surface area contributed by atoms with E-state index in [4.69, 9.17) is 5.11 Å². The third-order valence-corrected chi connectivity index (χ3v) is 2.39. The lowest BCUT2D eigenvalue weighted by molar-refractivity contribution is -0.141. The lowest BCUT2D eigenvalue weighted by atomic mass is 9.92. The van der Waals surface area contributed by atoms with Gasteiger partial charge in [-0.05, 0) is 0 Å². The zero-order valence-corrected chi connectivity index (χ0v) is 9.08. The SMILES string of the molecule is O=C(OCCCO)C1=C(F)C(F)C(F)C(F)C1F. The number of alkyl halides is 4. The second-order valence-corrected chi connectivity index (χ2v) is 3.67. The number of carbonyl (C=O) groups excluding carboxylic acids is 1. The summed E-state index contributed by atoms with van der Waals surface area (Å²) in [4.78, 5) is 11.2. The Balaban J connectivity index is 2.86. The zero-order chi connectivity index (χ0) is 13.9. The molecule has 0 amide bonds. The van der Waals surface area contributed by atoms with Crippen LogP contribution in [0.5, 0.6) is 0 Å². The first-order valence-electron chi connectivity index (χ1n) is 5.15. The van der Waals surface area contributed by atoms with Crippen molar-refractivity contribution in [2.75, 3.05) is 13.2 Å². The van der Waals surface area contributed by atoms with E-state index in [0.717, 1.165) is 0 Å². The summed E-state index contributed by atoms with van der Waals surface area (Å²) in [6, 6.07) is 0. The molecule has 0 fully saturated rings. The topological polar surface area (TPSA) is 46.5 Å². The number of aliphatic hydroxyl groups excluding tert-OH is 1. The van der Waals surface area contributed by atoms with E-state index >= 15 is 0 Å². The van der Waals surface area contributed by atoms with Gasteiger partial charge >= 0.3 is 5.97 Å². The van der Waals surface area contributed by atoms with E-state index in [1.54, 1.807) is 0 Å². The Hall–Kier alpha value is -1.18. The predicted molar refractivity (Wildman–Crippen MR) is 50.4 cm³/mol. The number of halogens is 5. The maximum atomic E-state index is 13.2. The molecular weight excluding hydrogens is 263 g/mol. The Morgan fingerprint density at radius 2 is 1.72 bits per heavy atom. The highest BCUT2D eigenvalue weighted by atomic mass is 19.2. The van der Waals surface area contributed by atoms with Gasteiger partial charge in [-0.15, -0.1) is 0 Å². The van der Waals surface area contributed by atoms with E-state index in [1.165, 1.54) is 0 Å². The normalized spacial score (nSPS) is 32.6. The standard InChI is InChI=1S/C10H11F5O3/c11-5-4(10(17)18-3-1-2-16)6(12)8(14)9(15)7(5)13/h5,7-9,16H,1-3H2. The van der Waals surface area contributed by atoms with E-state index in [1.807, 2.05) is 0 Å².